The number of aromatic nitrogens is 4. The Morgan fingerprint density at radius 2 is 2.04 bits per heavy atom. The van der Waals surface area contributed by atoms with Crippen LogP contribution in [0.15, 0.2) is 12.7 Å². The number of hydrogen-bond donors (Lipinski definition) is 1. The molecule has 1 aliphatic heterocycles. The van der Waals surface area contributed by atoms with E-state index >= 15 is 0 Å². The SMILES string of the molecule is C[C@@H](C1CCCCC1)N(C)C(=O)[C@@H]1CC[C@H](Cn2cnc3c(N)ncnc32)O1. The van der Waals surface area contributed by atoms with Crippen LogP contribution in [0.2, 0.25) is 0 Å². The summed E-state index contributed by atoms with van der Waals surface area (Å²) in [7, 11) is 1.93. The lowest BCUT2D eigenvalue weighted by Crippen LogP contribution is -2.45. The van der Waals surface area contributed by atoms with E-state index in [1.807, 2.05) is 16.5 Å². The van der Waals surface area contributed by atoms with E-state index < -0.39 is 0 Å². The van der Waals surface area contributed by atoms with Crippen LogP contribution in [0.25, 0.3) is 11.2 Å². The van der Waals surface area contributed by atoms with Crippen molar-refractivity contribution in [1.29, 1.82) is 0 Å². The molecule has 4 rings (SSSR count). The molecule has 2 aliphatic rings. The fourth-order valence-corrected chi connectivity index (χ4v) is 4.63. The van der Waals surface area contributed by atoms with Crippen molar-refractivity contribution in [2.24, 2.45) is 5.92 Å². The predicted octanol–water partition coefficient (Wildman–Crippen LogP) is 2.38. The van der Waals surface area contributed by atoms with Gasteiger partial charge >= 0.3 is 0 Å². The molecule has 8 nitrogen and oxygen atoms in total. The Kier molecular flexibility index (Phi) is 5.48. The van der Waals surface area contributed by atoms with Crippen LogP contribution in [0.1, 0.15) is 51.9 Å². The van der Waals surface area contributed by atoms with Crippen molar-refractivity contribution < 1.29 is 9.53 Å². The number of hydrogen-bond acceptors (Lipinski definition) is 6. The van der Waals surface area contributed by atoms with Gasteiger partial charge in [0.15, 0.2) is 11.5 Å². The van der Waals surface area contributed by atoms with Crippen molar-refractivity contribution in [3.63, 3.8) is 0 Å². The summed E-state index contributed by atoms with van der Waals surface area (Å²) in [6, 6.07) is 0.271. The average molecular weight is 387 g/mol. The summed E-state index contributed by atoms with van der Waals surface area (Å²) in [5, 5.41) is 0. The molecule has 0 radical (unpaired) electrons. The van der Waals surface area contributed by atoms with Crippen molar-refractivity contribution in [2.45, 2.75) is 76.7 Å². The van der Waals surface area contributed by atoms with Gasteiger partial charge in [-0.25, -0.2) is 15.0 Å². The number of fused-ring (bicyclic) bond motifs is 1. The molecule has 2 aromatic rings. The van der Waals surface area contributed by atoms with Crippen LogP contribution in [0.3, 0.4) is 0 Å². The average Bonchev–Trinajstić information content (AvgIpc) is 3.36. The van der Waals surface area contributed by atoms with E-state index in [9.17, 15) is 4.79 Å². The lowest BCUT2D eigenvalue weighted by Gasteiger charge is -2.35. The zero-order valence-electron chi connectivity index (χ0n) is 16.8. The largest absolute Gasteiger partial charge is 0.382 e. The second-order valence-corrected chi connectivity index (χ2v) is 8.24. The second-order valence-electron chi connectivity index (χ2n) is 8.24. The standard InChI is InChI=1S/C20H30N6O2/c1-13(14-6-4-3-5-7-14)25(2)20(27)16-9-8-15(28-16)10-26-12-24-17-18(21)22-11-23-19(17)26/h11-16H,3-10H2,1-2H3,(H2,21,22,23)/t13-,15+,16-/m0/s1. The van der Waals surface area contributed by atoms with E-state index in [-0.39, 0.29) is 24.2 Å². The van der Waals surface area contributed by atoms with Crippen LogP contribution >= 0.6 is 0 Å². The number of imidazole rings is 1. The van der Waals surface area contributed by atoms with Crippen molar-refractivity contribution in [2.75, 3.05) is 12.8 Å². The van der Waals surface area contributed by atoms with Crippen molar-refractivity contribution in [3.8, 4) is 0 Å². The molecular formula is C20H30N6O2. The van der Waals surface area contributed by atoms with Gasteiger partial charge in [0, 0.05) is 13.1 Å². The minimum atomic E-state index is -0.351. The van der Waals surface area contributed by atoms with Gasteiger partial charge in [-0.1, -0.05) is 19.3 Å². The Labute approximate surface area is 165 Å². The summed E-state index contributed by atoms with van der Waals surface area (Å²) in [5.74, 6) is 1.10. The number of nitrogens with zero attached hydrogens (tertiary/aromatic N) is 5. The fraction of sp³-hybridized carbons (Fsp3) is 0.700. The Bertz CT molecular complexity index is 831. The van der Waals surface area contributed by atoms with E-state index in [0.29, 0.717) is 29.4 Å². The number of nitrogen functional groups attached to an aromatic ring is 1. The van der Waals surface area contributed by atoms with Gasteiger partial charge < -0.3 is 19.9 Å². The second kappa shape index (κ2) is 8.03. The van der Waals surface area contributed by atoms with Crippen LogP contribution in [0.5, 0.6) is 0 Å². The summed E-state index contributed by atoms with van der Waals surface area (Å²) >= 11 is 0. The molecule has 2 N–H and O–H groups in total. The predicted molar refractivity (Wildman–Crippen MR) is 106 cm³/mol. The lowest BCUT2D eigenvalue weighted by atomic mass is 9.84. The molecule has 2 aromatic heterocycles. The first kappa shape index (κ1) is 19.1. The van der Waals surface area contributed by atoms with Gasteiger partial charge in [-0.05, 0) is 38.5 Å². The molecule has 28 heavy (non-hydrogen) atoms. The maximum Gasteiger partial charge on any atom is 0.251 e. The van der Waals surface area contributed by atoms with E-state index in [0.717, 1.165) is 12.8 Å². The van der Waals surface area contributed by atoms with E-state index in [2.05, 4.69) is 21.9 Å². The maximum atomic E-state index is 13.0. The molecule has 0 bridgehead atoms. The minimum Gasteiger partial charge on any atom is -0.382 e. The summed E-state index contributed by atoms with van der Waals surface area (Å²) in [6.45, 7) is 2.79. The summed E-state index contributed by atoms with van der Waals surface area (Å²) in [4.78, 5) is 27.5. The highest BCUT2D eigenvalue weighted by molar-refractivity contribution is 5.82. The Balaban J connectivity index is 1.36. The van der Waals surface area contributed by atoms with E-state index in [4.69, 9.17) is 10.5 Å². The third-order valence-corrected chi connectivity index (χ3v) is 6.50. The molecule has 152 valence electrons. The molecule has 1 amide bonds. The summed E-state index contributed by atoms with van der Waals surface area (Å²) < 4.78 is 8.05. The molecule has 1 aliphatic carbocycles. The number of ether oxygens (including phenoxy) is 1. The van der Waals surface area contributed by atoms with Gasteiger partial charge in [0.05, 0.1) is 19.0 Å². The monoisotopic (exact) mass is 386 g/mol. The zero-order chi connectivity index (χ0) is 19.7. The molecule has 3 atom stereocenters. The third-order valence-electron chi connectivity index (χ3n) is 6.50. The van der Waals surface area contributed by atoms with Gasteiger partial charge in [0.1, 0.15) is 17.9 Å². The minimum absolute atomic E-state index is 0.0269. The van der Waals surface area contributed by atoms with Gasteiger partial charge in [0.25, 0.3) is 5.91 Å². The van der Waals surface area contributed by atoms with Crippen LogP contribution in [-0.4, -0.2) is 55.6 Å². The molecule has 2 fully saturated rings. The topological polar surface area (TPSA) is 99.2 Å². The third kappa shape index (κ3) is 3.70. The van der Waals surface area contributed by atoms with Crippen molar-refractivity contribution in [1.82, 2.24) is 24.4 Å². The van der Waals surface area contributed by atoms with Gasteiger partial charge in [-0.2, -0.15) is 0 Å². The van der Waals surface area contributed by atoms with Gasteiger partial charge in [-0.15, -0.1) is 0 Å². The van der Waals surface area contributed by atoms with Gasteiger partial charge in [-0.3, -0.25) is 4.79 Å². The fourth-order valence-electron chi connectivity index (χ4n) is 4.63. The first-order valence-corrected chi connectivity index (χ1v) is 10.4. The number of carbonyl (C=O) groups excluding carboxylic acids is 1. The summed E-state index contributed by atoms with van der Waals surface area (Å²) in [5.41, 5.74) is 7.16. The molecule has 8 heteroatoms. The zero-order valence-corrected chi connectivity index (χ0v) is 16.8. The Hall–Kier alpha value is -2.22. The van der Waals surface area contributed by atoms with Crippen LogP contribution in [0, 0.1) is 5.92 Å². The smallest absolute Gasteiger partial charge is 0.251 e. The highest BCUT2D eigenvalue weighted by atomic mass is 16.5. The molecule has 1 saturated heterocycles. The van der Waals surface area contributed by atoms with E-state index in [1.54, 1.807) is 6.33 Å². The highest BCUT2D eigenvalue weighted by Crippen LogP contribution is 2.30. The first-order chi connectivity index (χ1) is 13.5. The molecule has 3 heterocycles. The molecule has 0 aromatic carbocycles. The molecule has 0 spiro atoms. The highest BCUT2D eigenvalue weighted by Gasteiger charge is 2.35. The number of carbonyl (C=O) groups is 1. The maximum absolute atomic E-state index is 13.0. The van der Waals surface area contributed by atoms with Crippen LogP contribution < -0.4 is 5.73 Å². The van der Waals surface area contributed by atoms with Crippen molar-refractivity contribution >= 4 is 22.9 Å². The Morgan fingerprint density at radius 1 is 1.25 bits per heavy atom. The molecule has 0 unspecified atom stereocenters. The number of nitrogens with two attached hydrogens (primary N) is 1. The first-order valence-electron chi connectivity index (χ1n) is 10.4. The number of anilines is 1. The lowest BCUT2D eigenvalue weighted by molar-refractivity contribution is -0.144. The molecule has 1 saturated carbocycles. The van der Waals surface area contributed by atoms with Crippen molar-refractivity contribution in [3.05, 3.63) is 12.7 Å². The van der Waals surface area contributed by atoms with Crippen LogP contribution in [-0.2, 0) is 16.1 Å². The number of rotatable bonds is 5. The Morgan fingerprint density at radius 3 is 2.82 bits per heavy atom. The van der Waals surface area contributed by atoms with Crippen LogP contribution in [0.4, 0.5) is 5.82 Å². The van der Waals surface area contributed by atoms with E-state index in [1.165, 1.54) is 38.4 Å². The molecular weight excluding hydrogens is 356 g/mol. The normalized spacial score (nSPS) is 24.5. The number of likely N-dealkylation sites (N-methyl/N-ethyl adjacent to an activating group) is 1. The quantitative estimate of drug-likeness (QED) is 0.847. The summed E-state index contributed by atoms with van der Waals surface area (Å²) in [6.07, 6.45) is 10.7. The van der Waals surface area contributed by atoms with Gasteiger partial charge in [0.2, 0.25) is 0 Å². The number of amides is 1.